The molecule has 0 saturated carbocycles. The van der Waals surface area contributed by atoms with Crippen molar-refractivity contribution in [1.29, 1.82) is 0 Å². The molecule has 1 N–H and O–H groups in total. The van der Waals surface area contributed by atoms with Crippen molar-refractivity contribution in [2.75, 3.05) is 0 Å². The second-order valence-corrected chi connectivity index (χ2v) is 5.51. The number of aromatic nitrogens is 2. The maximum Gasteiger partial charge on any atom is 0.417 e. The van der Waals surface area contributed by atoms with Gasteiger partial charge >= 0.3 is 6.18 Å². The molecule has 21 heavy (non-hydrogen) atoms. The van der Waals surface area contributed by atoms with Crippen molar-refractivity contribution in [3.63, 3.8) is 0 Å². The van der Waals surface area contributed by atoms with Gasteiger partial charge in [-0.2, -0.15) is 13.2 Å². The maximum atomic E-state index is 13.1. The minimum Gasteiger partial charge on any atom is -0.389 e. The highest BCUT2D eigenvalue weighted by Gasteiger charge is 2.34. The van der Waals surface area contributed by atoms with Gasteiger partial charge in [0.05, 0.1) is 11.7 Å². The number of nitrogens with zero attached hydrogens (tertiary/aromatic N) is 2. The number of hydrogen-bond acceptors (Lipinski definition) is 3. The molecule has 0 saturated heterocycles. The van der Waals surface area contributed by atoms with Gasteiger partial charge in [-0.1, -0.05) is 15.9 Å². The van der Waals surface area contributed by atoms with Crippen LogP contribution in [0.25, 0.3) is 11.4 Å². The van der Waals surface area contributed by atoms with E-state index >= 15 is 0 Å². The van der Waals surface area contributed by atoms with E-state index in [0.29, 0.717) is 15.7 Å². The average molecular weight is 361 g/mol. The number of aliphatic hydroxyl groups excluding tert-OH is 1. The number of hydrogen-bond donors (Lipinski definition) is 1. The lowest BCUT2D eigenvalue weighted by atomic mass is 10.1. The third-order valence-electron chi connectivity index (χ3n) is 3.00. The molecule has 0 aliphatic carbocycles. The fourth-order valence-corrected chi connectivity index (χ4v) is 2.32. The van der Waals surface area contributed by atoms with Crippen LogP contribution in [-0.4, -0.2) is 15.1 Å². The van der Waals surface area contributed by atoms with E-state index in [0.717, 1.165) is 6.07 Å². The first-order chi connectivity index (χ1) is 9.70. The number of rotatable bonds is 2. The van der Waals surface area contributed by atoms with Gasteiger partial charge < -0.3 is 5.11 Å². The van der Waals surface area contributed by atoms with Crippen LogP contribution in [0.4, 0.5) is 13.2 Å². The van der Waals surface area contributed by atoms with Crippen molar-refractivity contribution < 1.29 is 18.3 Å². The minimum absolute atomic E-state index is 0.0169. The van der Waals surface area contributed by atoms with E-state index in [2.05, 4.69) is 25.9 Å². The van der Waals surface area contributed by atoms with Crippen LogP contribution < -0.4 is 0 Å². The summed E-state index contributed by atoms with van der Waals surface area (Å²) >= 11 is 3.03. The Hall–Kier alpha value is -1.47. The molecule has 1 aromatic heterocycles. The second-order valence-electron chi connectivity index (χ2n) is 4.60. The van der Waals surface area contributed by atoms with Crippen molar-refractivity contribution >= 4 is 15.9 Å². The van der Waals surface area contributed by atoms with Gasteiger partial charge in [0, 0.05) is 27.5 Å². The number of aliphatic hydroxyl groups is 1. The van der Waals surface area contributed by atoms with Gasteiger partial charge in [-0.3, -0.25) is 0 Å². The first-order valence-corrected chi connectivity index (χ1v) is 6.88. The van der Waals surface area contributed by atoms with Crippen LogP contribution in [0.1, 0.15) is 29.8 Å². The molecular weight excluding hydrogens is 349 g/mol. The van der Waals surface area contributed by atoms with Gasteiger partial charge in [0.1, 0.15) is 0 Å². The molecule has 112 valence electrons. The van der Waals surface area contributed by atoms with Gasteiger partial charge in [0.15, 0.2) is 5.82 Å². The van der Waals surface area contributed by atoms with Crippen LogP contribution in [-0.2, 0) is 6.18 Å². The van der Waals surface area contributed by atoms with Gasteiger partial charge in [-0.05, 0) is 32.0 Å². The molecule has 0 bridgehead atoms. The normalized spacial score (nSPS) is 13.3. The lowest BCUT2D eigenvalue weighted by Crippen LogP contribution is -2.09. The molecule has 2 aromatic rings. The highest BCUT2D eigenvalue weighted by molar-refractivity contribution is 9.10. The summed E-state index contributed by atoms with van der Waals surface area (Å²) in [6.07, 6.45) is -3.92. The van der Waals surface area contributed by atoms with Crippen LogP contribution in [0.5, 0.6) is 0 Å². The zero-order chi connectivity index (χ0) is 15.8. The Morgan fingerprint density at radius 2 is 1.95 bits per heavy atom. The Balaban J connectivity index is 2.60. The van der Waals surface area contributed by atoms with Gasteiger partial charge in [0.25, 0.3) is 0 Å². The average Bonchev–Trinajstić information content (AvgIpc) is 2.37. The molecule has 1 aromatic carbocycles. The fourth-order valence-electron chi connectivity index (χ4n) is 1.96. The van der Waals surface area contributed by atoms with Crippen molar-refractivity contribution in [2.45, 2.75) is 26.1 Å². The molecule has 1 heterocycles. The third-order valence-corrected chi connectivity index (χ3v) is 3.49. The van der Waals surface area contributed by atoms with E-state index in [-0.39, 0.29) is 11.4 Å². The van der Waals surface area contributed by atoms with Gasteiger partial charge in [-0.15, -0.1) is 0 Å². The number of alkyl halides is 3. The van der Waals surface area contributed by atoms with E-state index in [1.165, 1.54) is 18.3 Å². The summed E-state index contributed by atoms with van der Waals surface area (Å²) in [5.41, 5.74) is 0.0440. The Morgan fingerprint density at radius 1 is 1.29 bits per heavy atom. The summed E-state index contributed by atoms with van der Waals surface area (Å²) in [4.78, 5) is 8.03. The molecule has 0 radical (unpaired) electrons. The smallest absolute Gasteiger partial charge is 0.389 e. The third kappa shape index (κ3) is 3.41. The largest absolute Gasteiger partial charge is 0.417 e. The van der Waals surface area contributed by atoms with E-state index in [4.69, 9.17) is 0 Å². The van der Waals surface area contributed by atoms with Crippen molar-refractivity contribution in [3.8, 4) is 11.4 Å². The molecule has 0 spiro atoms. The molecule has 1 unspecified atom stereocenters. The summed E-state index contributed by atoms with van der Waals surface area (Å²) in [6.45, 7) is 3.17. The predicted molar refractivity (Wildman–Crippen MR) is 75.5 cm³/mol. The molecular formula is C14H12BrF3N2O. The van der Waals surface area contributed by atoms with Crippen LogP contribution >= 0.6 is 15.9 Å². The second kappa shape index (κ2) is 5.73. The molecule has 0 fully saturated rings. The maximum absolute atomic E-state index is 13.1. The molecule has 1 atom stereocenters. The van der Waals surface area contributed by atoms with Crippen molar-refractivity contribution in [2.24, 2.45) is 0 Å². The number of aryl methyl sites for hydroxylation is 1. The lowest BCUT2D eigenvalue weighted by molar-refractivity contribution is -0.137. The molecule has 3 nitrogen and oxygen atoms in total. The Labute approximate surface area is 128 Å². The van der Waals surface area contributed by atoms with Gasteiger partial charge in [0.2, 0.25) is 0 Å². The van der Waals surface area contributed by atoms with E-state index in [1.54, 1.807) is 13.8 Å². The Bertz CT molecular complexity index is 672. The predicted octanol–water partition coefficient (Wildman–Crippen LogP) is 4.29. The summed E-state index contributed by atoms with van der Waals surface area (Å²) in [5, 5.41) is 9.52. The van der Waals surface area contributed by atoms with E-state index in [1.807, 2.05) is 0 Å². The van der Waals surface area contributed by atoms with Crippen LogP contribution in [0.2, 0.25) is 0 Å². The molecule has 7 heteroatoms. The Kier molecular flexibility index (Phi) is 4.34. The summed E-state index contributed by atoms with van der Waals surface area (Å²) < 4.78 is 39.6. The van der Waals surface area contributed by atoms with Crippen LogP contribution in [0, 0.1) is 6.92 Å². The lowest BCUT2D eigenvalue weighted by Gasteiger charge is -2.14. The van der Waals surface area contributed by atoms with Crippen LogP contribution in [0.3, 0.4) is 0 Å². The molecule has 0 aliphatic rings. The SMILES string of the molecule is Cc1nc(-c2ccc(Br)cc2C(F)(F)F)ncc1C(C)O. The van der Waals surface area contributed by atoms with Gasteiger partial charge in [-0.25, -0.2) is 9.97 Å². The van der Waals surface area contributed by atoms with Crippen molar-refractivity contribution in [3.05, 3.63) is 45.7 Å². The quantitative estimate of drug-likeness (QED) is 0.868. The molecule has 0 amide bonds. The number of benzene rings is 1. The first-order valence-electron chi connectivity index (χ1n) is 6.09. The van der Waals surface area contributed by atoms with Crippen LogP contribution in [0.15, 0.2) is 28.9 Å². The minimum atomic E-state index is -4.50. The summed E-state index contributed by atoms with van der Waals surface area (Å²) in [5.74, 6) is -0.0169. The van der Waals surface area contributed by atoms with E-state index in [9.17, 15) is 18.3 Å². The highest BCUT2D eigenvalue weighted by atomic mass is 79.9. The standard InChI is InChI=1S/C14H12BrF3N2O/c1-7-11(8(2)21)6-19-13(20-7)10-4-3-9(15)5-12(10)14(16,17)18/h3-6,8,21H,1-2H3. The fraction of sp³-hybridized carbons (Fsp3) is 0.286. The van der Waals surface area contributed by atoms with E-state index < -0.39 is 17.8 Å². The molecule has 2 rings (SSSR count). The topological polar surface area (TPSA) is 46.0 Å². The first kappa shape index (κ1) is 15.9. The zero-order valence-electron chi connectivity index (χ0n) is 11.2. The summed E-state index contributed by atoms with van der Waals surface area (Å²) in [7, 11) is 0. The van der Waals surface area contributed by atoms with Crippen molar-refractivity contribution in [1.82, 2.24) is 9.97 Å². The monoisotopic (exact) mass is 360 g/mol. The zero-order valence-corrected chi connectivity index (χ0v) is 12.8. The molecule has 0 aliphatic heterocycles. The summed E-state index contributed by atoms with van der Waals surface area (Å²) in [6, 6.07) is 3.83. The number of halogens is 4. The Morgan fingerprint density at radius 3 is 2.48 bits per heavy atom. The highest BCUT2D eigenvalue weighted by Crippen LogP contribution is 2.37.